The van der Waals surface area contributed by atoms with Gasteiger partial charge in [0, 0.05) is 11.2 Å². The second kappa shape index (κ2) is 5.67. The zero-order chi connectivity index (χ0) is 16.0. The maximum absolute atomic E-state index is 13.8. The van der Waals surface area contributed by atoms with Crippen molar-refractivity contribution >= 4 is 22.1 Å². The van der Waals surface area contributed by atoms with Crippen LogP contribution in [0.2, 0.25) is 0 Å². The van der Waals surface area contributed by atoms with Gasteiger partial charge in [0.1, 0.15) is 11.6 Å². The molecule has 0 spiro atoms. The van der Waals surface area contributed by atoms with E-state index in [1.165, 1.54) is 24.3 Å². The lowest BCUT2D eigenvalue weighted by Crippen LogP contribution is -2.13. The van der Waals surface area contributed by atoms with Gasteiger partial charge in [0.25, 0.3) is 0 Å². The molecule has 0 saturated carbocycles. The van der Waals surface area contributed by atoms with E-state index in [4.69, 9.17) is 0 Å². The summed E-state index contributed by atoms with van der Waals surface area (Å²) in [5, 5.41) is 0. The number of fused-ring (bicyclic) bond motifs is 2. The molecule has 1 nitrogen and oxygen atoms in total. The summed E-state index contributed by atoms with van der Waals surface area (Å²) >= 11 is -1.42. The quantitative estimate of drug-likeness (QED) is 0.490. The summed E-state index contributed by atoms with van der Waals surface area (Å²) in [7, 11) is -1.13. The average Bonchev–Trinajstić information content (AvgIpc) is 2.55. The molecule has 0 N–H and O–H groups in total. The van der Waals surface area contributed by atoms with E-state index >= 15 is 0 Å². The molecule has 0 bridgehead atoms. The van der Waals surface area contributed by atoms with Gasteiger partial charge in [-0.15, -0.1) is 0 Å². The highest BCUT2D eigenvalue weighted by atomic mass is 32.2. The Morgan fingerprint density at radius 1 is 0.739 bits per heavy atom. The van der Waals surface area contributed by atoms with E-state index < -0.39 is 22.1 Å². The van der Waals surface area contributed by atoms with Gasteiger partial charge in [0.05, 0.1) is 9.79 Å². The average molecular weight is 346 g/mol. The molecule has 0 fully saturated rings. The van der Waals surface area contributed by atoms with Crippen LogP contribution in [0.25, 0.3) is 0 Å². The van der Waals surface area contributed by atoms with Gasteiger partial charge in [-0.1, -0.05) is 18.2 Å². The number of halogens is 2. The molecule has 23 heavy (non-hydrogen) atoms. The molecular weight excluding hydrogens is 334 g/mol. The third-order valence-electron chi connectivity index (χ3n) is 3.74. The predicted octanol–water partition coefficient (Wildman–Crippen LogP) is 4.92. The molecule has 0 amide bonds. The summed E-state index contributed by atoms with van der Waals surface area (Å²) < 4.78 is 40.4. The van der Waals surface area contributed by atoms with Crippen LogP contribution in [0, 0.1) is 11.6 Å². The Morgan fingerprint density at radius 2 is 1.26 bits per heavy atom. The summed E-state index contributed by atoms with van der Waals surface area (Å²) in [6.45, 7) is 0. The third-order valence-corrected chi connectivity index (χ3v) is 8.07. The molecule has 0 aliphatic carbocycles. The van der Waals surface area contributed by atoms with Crippen LogP contribution in [0.1, 0.15) is 0 Å². The molecule has 1 heterocycles. The molecule has 0 atom stereocenters. The molecule has 4 rings (SSSR count). The molecule has 0 unspecified atom stereocenters. The molecule has 3 aromatic carbocycles. The molecule has 1 aliphatic rings. The second-order valence-electron chi connectivity index (χ2n) is 5.16. The fourth-order valence-electron chi connectivity index (χ4n) is 2.75. The summed E-state index contributed by atoms with van der Waals surface area (Å²) in [4.78, 5) is 3.60. The Balaban J connectivity index is 2.03. The van der Waals surface area contributed by atoms with Crippen LogP contribution in [0.5, 0.6) is 0 Å². The SMILES string of the molecule is [O-][S+]1c2ccc(F)cc2[SH](c2ccccc2)c2cc(F)ccc21. The van der Waals surface area contributed by atoms with Gasteiger partial charge in [-0.05, 0) is 53.4 Å². The van der Waals surface area contributed by atoms with Crippen LogP contribution >= 0.6 is 10.9 Å². The monoisotopic (exact) mass is 346 g/mol. The first kappa shape index (κ1) is 14.8. The lowest BCUT2D eigenvalue weighted by atomic mass is 10.3. The van der Waals surface area contributed by atoms with Crippen LogP contribution in [-0.4, -0.2) is 4.55 Å². The zero-order valence-electron chi connectivity index (χ0n) is 11.9. The summed E-state index contributed by atoms with van der Waals surface area (Å²) in [6.07, 6.45) is 0. The van der Waals surface area contributed by atoms with Crippen molar-refractivity contribution < 1.29 is 13.3 Å². The van der Waals surface area contributed by atoms with Gasteiger partial charge >= 0.3 is 0 Å². The van der Waals surface area contributed by atoms with Gasteiger partial charge in [0.15, 0.2) is 9.79 Å². The minimum atomic E-state index is -1.42. The first-order valence-electron chi connectivity index (χ1n) is 7.01. The first-order chi connectivity index (χ1) is 11.1. The van der Waals surface area contributed by atoms with E-state index in [1.807, 2.05) is 30.3 Å². The zero-order valence-corrected chi connectivity index (χ0v) is 13.6. The van der Waals surface area contributed by atoms with Crippen molar-refractivity contribution in [2.75, 3.05) is 0 Å². The molecule has 0 aromatic heterocycles. The maximum atomic E-state index is 13.8. The molecule has 0 radical (unpaired) electrons. The number of benzene rings is 3. The Bertz CT molecular complexity index is 830. The largest absolute Gasteiger partial charge is 0.606 e. The Hall–Kier alpha value is -1.82. The van der Waals surface area contributed by atoms with Crippen LogP contribution in [0.15, 0.2) is 91.2 Å². The third kappa shape index (κ3) is 2.45. The van der Waals surface area contributed by atoms with Crippen LogP contribution < -0.4 is 0 Å². The second-order valence-corrected chi connectivity index (χ2v) is 8.73. The lowest BCUT2D eigenvalue weighted by molar-refractivity contribution is 0.583. The van der Waals surface area contributed by atoms with Gasteiger partial charge in [-0.2, -0.15) is 10.9 Å². The highest BCUT2D eigenvalue weighted by Crippen LogP contribution is 2.59. The Kier molecular flexibility index (Phi) is 3.64. The summed E-state index contributed by atoms with van der Waals surface area (Å²) in [6, 6.07) is 18.3. The van der Waals surface area contributed by atoms with Crippen molar-refractivity contribution in [1.29, 1.82) is 0 Å². The van der Waals surface area contributed by atoms with Gasteiger partial charge < -0.3 is 4.55 Å². The van der Waals surface area contributed by atoms with E-state index in [0.717, 1.165) is 4.90 Å². The first-order valence-corrected chi connectivity index (χ1v) is 9.50. The van der Waals surface area contributed by atoms with Crippen molar-refractivity contribution in [2.24, 2.45) is 0 Å². The van der Waals surface area contributed by atoms with E-state index in [0.29, 0.717) is 19.6 Å². The van der Waals surface area contributed by atoms with Crippen LogP contribution in [0.4, 0.5) is 8.78 Å². The van der Waals surface area contributed by atoms with Gasteiger partial charge in [-0.3, -0.25) is 0 Å². The van der Waals surface area contributed by atoms with Crippen LogP contribution in [0.3, 0.4) is 0 Å². The standard InChI is InChI=1S/C18H12F2OS2/c19-12-6-8-15-17(10-12)22(14-4-2-1-3-5-14)18-11-13(20)7-9-16(18)23(15)21/h1-11,22H. The fraction of sp³-hybridized carbons (Fsp3) is 0. The van der Waals surface area contributed by atoms with E-state index in [1.54, 1.807) is 12.1 Å². The highest BCUT2D eigenvalue weighted by Gasteiger charge is 2.35. The van der Waals surface area contributed by atoms with E-state index in [-0.39, 0.29) is 11.6 Å². The van der Waals surface area contributed by atoms with Crippen molar-refractivity contribution in [2.45, 2.75) is 24.5 Å². The smallest absolute Gasteiger partial charge is 0.171 e. The minimum Gasteiger partial charge on any atom is -0.606 e. The molecule has 116 valence electrons. The van der Waals surface area contributed by atoms with Crippen molar-refractivity contribution in [1.82, 2.24) is 0 Å². The van der Waals surface area contributed by atoms with E-state index in [2.05, 4.69) is 0 Å². The Labute approximate surface area is 138 Å². The topological polar surface area (TPSA) is 23.1 Å². The molecule has 1 aliphatic heterocycles. The van der Waals surface area contributed by atoms with Crippen molar-refractivity contribution in [3.63, 3.8) is 0 Å². The molecular formula is C18H12F2OS2. The normalized spacial score (nSPS) is 20.7. The maximum Gasteiger partial charge on any atom is 0.171 e. The summed E-state index contributed by atoms with van der Waals surface area (Å²) in [5.41, 5.74) is 0. The molecule has 0 saturated heterocycles. The number of hydrogen-bond donors (Lipinski definition) is 1. The number of hydrogen-bond acceptors (Lipinski definition) is 1. The van der Waals surface area contributed by atoms with Crippen molar-refractivity contribution in [3.8, 4) is 0 Å². The highest BCUT2D eigenvalue weighted by molar-refractivity contribution is 8.18. The minimum absolute atomic E-state index is 0.371. The number of thiol groups is 1. The van der Waals surface area contributed by atoms with Crippen LogP contribution in [-0.2, 0) is 11.2 Å². The molecule has 5 heteroatoms. The predicted molar refractivity (Wildman–Crippen MR) is 87.7 cm³/mol. The van der Waals surface area contributed by atoms with Gasteiger partial charge in [0.2, 0.25) is 0 Å². The van der Waals surface area contributed by atoms with Crippen molar-refractivity contribution in [3.05, 3.63) is 78.4 Å². The summed E-state index contributed by atoms with van der Waals surface area (Å²) in [5.74, 6) is -0.743. The lowest BCUT2D eigenvalue weighted by Gasteiger charge is -2.31. The molecule has 3 aromatic rings. The Morgan fingerprint density at radius 3 is 1.78 bits per heavy atom. The number of rotatable bonds is 1. The van der Waals surface area contributed by atoms with Gasteiger partial charge in [-0.25, -0.2) is 8.78 Å². The fourth-order valence-corrected chi connectivity index (χ4v) is 7.29. The van der Waals surface area contributed by atoms with E-state index in [9.17, 15) is 13.3 Å².